The fraction of sp³-hybridized carbons (Fsp3) is 0.647. The summed E-state index contributed by atoms with van der Waals surface area (Å²) < 4.78 is 0. The molecule has 0 saturated carbocycles. The highest BCUT2D eigenvalue weighted by Crippen LogP contribution is 2.17. The molecule has 2 atom stereocenters. The van der Waals surface area contributed by atoms with Crippen LogP contribution in [-0.4, -0.2) is 41.6 Å². The molecule has 1 aromatic heterocycles. The summed E-state index contributed by atoms with van der Waals surface area (Å²) >= 11 is 0. The first-order chi connectivity index (χ1) is 10.6. The Morgan fingerprint density at radius 3 is 2.91 bits per heavy atom. The van der Waals surface area contributed by atoms with Gasteiger partial charge in [0, 0.05) is 25.3 Å². The van der Waals surface area contributed by atoms with Gasteiger partial charge in [-0.3, -0.25) is 4.98 Å². The van der Waals surface area contributed by atoms with Gasteiger partial charge in [0.15, 0.2) is 0 Å². The van der Waals surface area contributed by atoms with Gasteiger partial charge in [-0.2, -0.15) is 0 Å². The Labute approximate surface area is 133 Å². The van der Waals surface area contributed by atoms with E-state index in [2.05, 4.69) is 34.4 Å². The van der Waals surface area contributed by atoms with Gasteiger partial charge < -0.3 is 15.5 Å². The lowest BCUT2D eigenvalue weighted by atomic mass is 9.97. The summed E-state index contributed by atoms with van der Waals surface area (Å²) in [5.41, 5.74) is 0.876. The van der Waals surface area contributed by atoms with Crippen molar-refractivity contribution >= 4 is 6.03 Å². The van der Waals surface area contributed by atoms with E-state index in [4.69, 9.17) is 0 Å². The number of piperidine rings is 1. The maximum absolute atomic E-state index is 12.0. The van der Waals surface area contributed by atoms with E-state index in [1.165, 1.54) is 19.4 Å². The highest BCUT2D eigenvalue weighted by atomic mass is 16.2. The van der Waals surface area contributed by atoms with Crippen LogP contribution in [0, 0.1) is 5.92 Å². The maximum Gasteiger partial charge on any atom is 0.315 e. The maximum atomic E-state index is 12.0. The second-order valence-corrected chi connectivity index (χ2v) is 6.43. The SMILES string of the molecule is CC(C)N1CCC[C@@H](CNC(=O)N[C@H](C)c2ccccn2)C1. The molecule has 1 aromatic rings. The molecule has 1 aliphatic rings. The second kappa shape index (κ2) is 8.13. The van der Waals surface area contributed by atoms with Gasteiger partial charge in [-0.25, -0.2) is 4.79 Å². The molecule has 2 rings (SSSR count). The standard InChI is InChI=1S/C17H28N4O/c1-13(2)21-10-6-7-15(12-21)11-19-17(22)20-14(3)16-8-4-5-9-18-16/h4-5,8-9,13-15H,6-7,10-12H2,1-3H3,(H2,19,20,22)/t14-,15+/m1/s1. The zero-order valence-electron chi connectivity index (χ0n) is 13.9. The molecule has 2 heterocycles. The van der Waals surface area contributed by atoms with E-state index >= 15 is 0 Å². The Hall–Kier alpha value is -1.62. The van der Waals surface area contributed by atoms with E-state index < -0.39 is 0 Å². The molecule has 0 spiro atoms. The van der Waals surface area contributed by atoms with E-state index in [1.54, 1.807) is 6.20 Å². The number of carbonyl (C=O) groups is 1. The molecule has 0 radical (unpaired) electrons. The van der Waals surface area contributed by atoms with Gasteiger partial charge in [0.1, 0.15) is 0 Å². The van der Waals surface area contributed by atoms with E-state index in [9.17, 15) is 4.79 Å². The minimum atomic E-state index is -0.111. The third-order valence-electron chi connectivity index (χ3n) is 4.31. The van der Waals surface area contributed by atoms with Crippen LogP contribution in [0.25, 0.3) is 0 Å². The van der Waals surface area contributed by atoms with Gasteiger partial charge in [-0.05, 0) is 58.2 Å². The van der Waals surface area contributed by atoms with Crippen molar-refractivity contribution in [3.05, 3.63) is 30.1 Å². The smallest absolute Gasteiger partial charge is 0.315 e. The predicted octanol–water partition coefficient (Wildman–Crippen LogP) is 2.56. The molecule has 2 N–H and O–H groups in total. The van der Waals surface area contributed by atoms with Gasteiger partial charge in [0.2, 0.25) is 0 Å². The Balaban J connectivity index is 1.73. The molecular formula is C17H28N4O. The largest absolute Gasteiger partial charge is 0.338 e. The van der Waals surface area contributed by atoms with Crippen LogP contribution < -0.4 is 10.6 Å². The quantitative estimate of drug-likeness (QED) is 0.879. The van der Waals surface area contributed by atoms with Crippen LogP contribution in [0.4, 0.5) is 4.79 Å². The average molecular weight is 304 g/mol. The van der Waals surface area contributed by atoms with Crippen LogP contribution in [-0.2, 0) is 0 Å². The number of nitrogens with zero attached hydrogens (tertiary/aromatic N) is 2. The molecule has 2 amide bonds. The molecule has 22 heavy (non-hydrogen) atoms. The lowest BCUT2D eigenvalue weighted by molar-refractivity contribution is 0.139. The Kier molecular flexibility index (Phi) is 6.19. The summed E-state index contributed by atoms with van der Waals surface area (Å²) in [4.78, 5) is 18.8. The number of amides is 2. The third kappa shape index (κ3) is 4.98. The summed E-state index contributed by atoms with van der Waals surface area (Å²) in [5.74, 6) is 0.548. The van der Waals surface area contributed by atoms with Crippen LogP contribution in [0.2, 0.25) is 0 Å². The number of hydrogen-bond donors (Lipinski definition) is 2. The first-order valence-electron chi connectivity index (χ1n) is 8.25. The zero-order chi connectivity index (χ0) is 15.9. The minimum absolute atomic E-state index is 0.0836. The summed E-state index contributed by atoms with van der Waals surface area (Å²) in [6.07, 6.45) is 4.16. The van der Waals surface area contributed by atoms with Crippen molar-refractivity contribution < 1.29 is 4.79 Å². The van der Waals surface area contributed by atoms with Crippen LogP contribution in [0.1, 0.15) is 45.3 Å². The number of rotatable bonds is 5. The molecule has 5 nitrogen and oxygen atoms in total. The molecule has 0 unspecified atom stereocenters. The summed E-state index contributed by atoms with van der Waals surface area (Å²) in [6, 6.07) is 6.12. The molecule has 1 aliphatic heterocycles. The molecule has 0 bridgehead atoms. The van der Waals surface area contributed by atoms with Crippen LogP contribution >= 0.6 is 0 Å². The van der Waals surface area contributed by atoms with E-state index in [0.717, 1.165) is 18.8 Å². The third-order valence-corrected chi connectivity index (χ3v) is 4.31. The average Bonchev–Trinajstić information content (AvgIpc) is 2.54. The predicted molar refractivity (Wildman–Crippen MR) is 88.6 cm³/mol. The minimum Gasteiger partial charge on any atom is -0.338 e. The molecule has 0 aliphatic carbocycles. The number of urea groups is 1. The number of nitrogens with one attached hydrogen (secondary N) is 2. The highest BCUT2D eigenvalue weighted by Gasteiger charge is 2.22. The Bertz CT molecular complexity index is 463. The molecule has 5 heteroatoms. The number of carbonyl (C=O) groups excluding carboxylic acids is 1. The van der Waals surface area contributed by atoms with Crippen LogP contribution in [0.3, 0.4) is 0 Å². The van der Waals surface area contributed by atoms with Crippen molar-refractivity contribution in [2.24, 2.45) is 5.92 Å². The zero-order valence-corrected chi connectivity index (χ0v) is 13.9. The molecular weight excluding hydrogens is 276 g/mol. The lowest BCUT2D eigenvalue weighted by Gasteiger charge is -2.35. The van der Waals surface area contributed by atoms with Crippen molar-refractivity contribution in [1.82, 2.24) is 20.5 Å². The number of likely N-dealkylation sites (tertiary alicyclic amines) is 1. The van der Waals surface area contributed by atoms with Crippen LogP contribution in [0.5, 0.6) is 0 Å². The van der Waals surface area contributed by atoms with E-state index in [0.29, 0.717) is 12.0 Å². The first-order valence-corrected chi connectivity index (χ1v) is 8.25. The summed E-state index contributed by atoms with van der Waals surface area (Å²) in [7, 11) is 0. The van der Waals surface area contributed by atoms with Gasteiger partial charge in [-0.15, -0.1) is 0 Å². The second-order valence-electron chi connectivity index (χ2n) is 6.43. The Morgan fingerprint density at radius 1 is 1.41 bits per heavy atom. The van der Waals surface area contributed by atoms with Crippen molar-refractivity contribution in [3.63, 3.8) is 0 Å². The topological polar surface area (TPSA) is 57.3 Å². The van der Waals surface area contributed by atoms with Gasteiger partial charge in [0.25, 0.3) is 0 Å². The van der Waals surface area contributed by atoms with E-state index in [1.807, 2.05) is 25.1 Å². The molecule has 1 fully saturated rings. The summed E-state index contributed by atoms with van der Waals surface area (Å²) in [5, 5.41) is 5.95. The van der Waals surface area contributed by atoms with Crippen molar-refractivity contribution in [3.8, 4) is 0 Å². The number of hydrogen-bond acceptors (Lipinski definition) is 3. The van der Waals surface area contributed by atoms with Crippen LogP contribution in [0.15, 0.2) is 24.4 Å². The van der Waals surface area contributed by atoms with Crippen molar-refractivity contribution in [1.29, 1.82) is 0 Å². The normalized spacial score (nSPS) is 20.6. The monoisotopic (exact) mass is 304 g/mol. The van der Waals surface area contributed by atoms with Gasteiger partial charge in [0.05, 0.1) is 11.7 Å². The number of aromatic nitrogens is 1. The Morgan fingerprint density at radius 2 is 2.23 bits per heavy atom. The van der Waals surface area contributed by atoms with Gasteiger partial charge in [-0.1, -0.05) is 6.07 Å². The fourth-order valence-electron chi connectivity index (χ4n) is 2.92. The highest BCUT2D eigenvalue weighted by molar-refractivity contribution is 5.74. The molecule has 0 aromatic carbocycles. The van der Waals surface area contributed by atoms with Gasteiger partial charge >= 0.3 is 6.03 Å². The lowest BCUT2D eigenvalue weighted by Crippen LogP contribution is -2.45. The molecule has 1 saturated heterocycles. The first kappa shape index (κ1) is 16.7. The van der Waals surface area contributed by atoms with E-state index in [-0.39, 0.29) is 12.1 Å². The van der Waals surface area contributed by atoms with Crippen molar-refractivity contribution in [2.45, 2.75) is 45.7 Å². The molecule has 122 valence electrons. The number of pyridine rings is 1. The fourth-order valence-corrected chi connectivity index (χ4v) is 2.92. The van der Waals surface area contributed by atoms with Crippen molar-refractivity contribution in [2.75, 3.05) is 19.6 Å². The summed E-state index contributed by atoms with van der Waals surface area (Å²) in [6.45, 7) is 9.41.